The highest BCUT2D eigenvalue weighted by Gasteiger charge is 2.76. The number of imide groups is 2. The maximum absolute atomic E-state index is 13.5. The number of rotatable bonds is 3. The predicted octanol–water partition coefficient (Wildman–Crippen LogP) is 3.10. The maximum atomic E-state index is 13.5. The second kappa shape index (κ2) is 7.56. The third-order valence-electron chi connectivity index (χ3n) is 8.13. The number of hydrogen-bond donors (Lipinski definition) is 1. The van der Waals surface area contributed by atoms with Crippen LogP contribution in [0.5, 0.6) is 5.75 Å². The fourth-order valence-corrected chi connectivity index (χ4v) is 7.52. The number of halogens is 2. The Morgan fingerprint density at radius 2 is 1.79 bits per heavy atom. The zero-order chi connectivity index (χ0) is 24.7. The van der Waals surface area contributed by atoms with E-state index in [1.807, 2.05) is 13.0 Å². The first-order valence-corrected chi connectivity index (χ1v) is 12.3. The van der Waals surface area contributed by atoms with Crippen LogP contribution in [-0.4, -0.2) is 61.9 Å². The van der Waals surface area contributed by atoms with E-state index in [4.69, 9.17) is 23.2 Å². The SMILES string of the molecule is CCCN1C(=O)[C@H]2[C@H](CC=C3[C@H]2C[C@@]2(Cl)C(=O)N(C)C(=O)[C@@]2(Cl)[C@H]3c2cccc(C)c2O)C1=O. The lowest BCUT2D eigenvalue weighted by Gasteiger charge is -2.50. The topological polar surface area (TPSA) is 95.0 Å². The fraction of sp³-hybridized carbons (Fsp3) is 0.520. The molecule has 3 fully saturated rings. The number of aryl methyl sites for hydroxylation is 1. The van der Waals surface area contributed by atoms with Gasteiger partial charge in [0.2, 0.25) is 11.8 Å². The number of carbonyl (C=O) groups is 4. The third-order valence-corrected chi connectivity index (χ3v) is 9.55. The average Bonchev–Trinajstić information content (AvgIpc) is 3.12. The summed E-state index contributed by atoms with van der Waals surface area (Å²) in [5, 5.41) is 11.0. The van der Waals surface area contributed by atoms with Gasteiger partial charge in [0.25, 0.3) is 11.8 Å². The standard InChI is InChI=1S/C25H26Cl2N2O5/c1-4-10-29-20(31)14-9-8-13-16(17(14)21(29)32)11-24(26)22(33)28(3)23(34)25(24,27)18(13)15-7-5-6-12(2)19(15)30/h5-8,14,16-18,30H,4,9-11H2,1-3H3/t14-,16+,17-,18+,24+,25-/m0/s1. The Kier molecular flexibility index (Phi) is 5.19. The third kappa shape index (κ3) is 2.65. The van der Waals surface area contributed by atoms with Crippen molar-refractivity contribution >= 4 is 46.8 Å². The molecule has 0 aromatic heterocycles. The first kappa shape index (κ1) is 23.4. The lowest BCUT2D eigenvalue weighted by Crippen LogP contribution is -2.60. The van der Waals surface area contributed by atoms with Crippen molar-refractivity contribution in [1.82, 2.24) is 9.80 Å². The van der Waals surface area contributed by atoms with Gasteiger partial charge >= 0.3 is 0 Å². The quantitative estimate of drug-likeness (QED) is 0.387. The smallest absolute Gasteiger partial charge is 0.253 e. The van der Waals surface area contributed by atoms with Crippen molar-refractivity contribution in [1.29, 1.82) is 0 Å². The van der Waals surface area contributed by atoms with Crippen LogP contribution in [0.15, 0.2) is 29.8 Å². The van der Waals surface area contributed by atoms with E-state index in [0.29, 0.717) is 36.1 Å². The van der Waals surface area contributed by atoms with Crippen molar-refractivity contribution in [2.45, 2.75) is 48.8 Å². The van der Waals surface area contributed by atoms with Crippen LogP contribution in [0.25, 0.3) is 0 Å². The number of phenols is 1. The number of allylic oxidation sites excluding steroid dienone is 2. The normalized spacial score (nSPS) is 37.0. The van der Waals surface area contributed by atoms with E-state index in [-0.39, 0.29) is 24.0 Å². The summed E-state index contributed by atoms with van der Waals surface area (Å²) in [7, 11) is 1.35. The summed E-state index contributed by atoms with van der Waals surface area (Å²) in [6.07, 6.45) is 2.80. The van der Waals surface area contributed by atoms with Crippen molar-refractivity contribution in [2.24, 2.45) is 17.8 Å². The van der Waals surface area contributed by atoms with Crippen LogP contribution >= 0.6 is 23.2 Å². The molecule has 4 aliphatic rings. The van der Waals surface area contributed by atoms with Crippen molar-refractivity contribution in [2.75, 3.05) is 13.6 Å². The fourth-order valence-electron chi connectivity index (χ4n) is 6.51. The number of benzene rings is 1. The molecule has 2 aliphatic heterocycles. The number of phenolic OH excluding ortho intramolecular Hbond substituents is 1. The number of aromatic hydroxyl groups is 1. The van der Waals surface area contributed by atoms with Crippen LogP contribution in [0.2, 0.25) is 0 Å². The van der Waals surface area contributed by atoms with E-state index in [0.717, 1.165) is 4.90 Å². The molecule has 7 nitrogen and oxygen atoms in total. The molecule has 9 heteroatoms. The molecule has 1 saturated carbocycles. The minimum absolute atomic E-state index is 0.0357. The monoisotopic (exact) mass is 504 g/mol. The van der Waals surface area contributed by atoms with Gasteiger partial charge in [0, 0.05) is 25.1 Å². The Bertz CT molecular complexity index is 1180. The highest BCUT2D eigenvalue weighted by molar-refractivity contribution is 6.53. The Labute approximate surface area is 207 Å². The Morgan fingerprint density at radius 1 is 1.09 bits per heavy atom. The second-order valence-corrected chi connectivity index (χ2v) is 11.1. The molecule has 5 rings (SSSR count). The summed E-state index contributed by atoms with van der Waals surface area (Å²) in [6, 6.07) is 5.15. The van der Waals surface area contributed by atoms with E-state index in [9.17, 15) is 24.3 Å². The van der Waals surface area contributed by atoms with Crippen molar-refractivity contribution in [3.05, 3.63) is 41.0 Å². The number of nitrogens with zero attached hydrogens (tertiary/aromatic N) is 2. The van der Waals surface area contributed by atoms with Crippen molar-refractivity contribution in [3.8, 4) is 5.75 Å². The van der Waals surface area contributed by atoms with Gasteiger partial charge in [0.15, 0.2) is 9.75 Å². The number of amides is 4. The zero-order valence-electron chi connectivity index (χ0n) is 19.2. The van der Waals surface area contributed by atoms with Gasteiger partial charge in [-0.2, -0.15) is 0 Å². The molecule has 180 valence electrons. The van der Waals surface area contributed by atoms with E-state index in [2.05, 4.69) is 0 Å². The van der Waals surface area contributed by atoms with Gasteiger partial charge in [0.05, 0.1) is 11.8 Å². The summed E-state index contributed by atoms with van der Waals surface area (Å²) in [5.41, 5.74) is 1.65. The molecule has 4 amide bonds. The summed E-state index contributed by atoms with van der Waals surface area (Å²) in [5.74, 6) is -4.49. The molecule has 0 bridgehead atoms. The van der Waals surface area contributed by atoms with Crippen LogP contribution in [0.4, 0.5) is 0 Å². The molecule has 0 unspecified atom stereocenters. The van der Waals surface area contributed by atoms with Gasteiger partial charge in [-0.05, 0) is 37.7 Å². The summed E-state index contributed by atoms with van der Waals surface area (Å²) >= 11 is 14.1. The predicted molar refractivity (Wildman–Crippen MR) is 125 cm³/mol. The molecule has 6 atom stereocenters. The van der Waals surface area contributed by atoms with E-state index in [1.165, 1.54) is 11.9 Å². The molecule has 2 aliphatic carbocycles. The molecule has 1 N–H and O–H groups in total. The number of fused-ring (bicyclic) bond motifs is 4. The summed E-state index contributed by atoms with van der Waals surface area (Å²) < 4.78 is 0. The molecule has 0 radical (unpaired) electrons. The number of carbonyl (C=O) groups excluding carboxylic acids is 4. The number of hydrogen-bond acceptors (Lipinski definition) is 5. The highest BCUT2D eigenvalue weighted by Crippen LogP contribution is 2.66. The van der Waals surface area contributed by atoms with Crippen molar-refractivity contribution in [3.63, 3.8) is 0 Å². The molecule has 0 spiro atoms. The maximum Gasteiger partial charge on any atom is 0.253 e. The minimum Gasteiger partial charge on any atom is -0.507 e. The second-order valence-electron chi connectivity index (χ2n) is 9.84. The van der Waals surface area contributed by atoms with E-state index < -0.39 is 45.2 Å². The average molecular weight is 505 g/mol. The van der Waals surface area contributed by atoms with E-state index in [1.54, 1.807) is 25.1 Å². The Morgan fingerprint density at radius 3 is 2.47 bits per heavy atom. The van der Waals surface area contributed by atoms with Gasteiger partial charge < -0.3 is 5.11 Å². The van der Waals surface area contributed by atoms with Crippen LogP contribution < -0.4 is 0 Å². The lowest BCUT2D eigenvalue weighted by molar-refractivity contribution is -0.141. The van der Waals surface area contributed by atoms with Gasteiger partial charge in [-0.25, -0.2) is 0 Å². The summed E-state index contributed by atoms with van der Waals surface area (Å²) in [6.45, 7) is 3.97. The van der Waals surface area contributed by atoms with Gasteiger partial charge in [0.1, 0.15) is 5.75 Å². The Balaban J connectivity index is 1.74. The molecule has 2 saturated heterocycles. The first-order chi connectivity index (χ1) is 16.0. The molecule has 1 aromatic rings. The molecule has 2 heterocycles. The summed E-state index contributed by atoms with van der Waals surface area (Å²) in [4.78, 5) is 51.8. The van der Waals surface area contributed by atoms with Gasteiger partial charge in [-0.15, -0.1) is 23.2 Å². The van der Waals surface area contributed by atoms with Gasteiger partial charge in [-0.1, -0.05) is 36.8 Å². The molecular formula is C25H26Cl2N2O5. The molecule has 1 aromatic carbocycles. The van der Waals surface area contributed by atoms with Crippen LogP contribution in [0.3, 0.4) is 0 Å². The highest BCUT2D eigenvalue weighted by atomic mass is 35.5. The zero-order valence-corrected chi connectivity index (χ0v) is 20.7. The number of alkyl halides is 2. The minimum atomic E-state index is -1.88. The molecular weight excluding hydrogens is 479 g/mol. The van der Waals surface area contributed by atoms with Crippen LogP contribution in [0.1, 0.15) is 43.2 Å². The molecule has 34 heavy (non-hydrogen) atoms. The lowest BCUT2D eigenvalue weighted by atomic mass is 9.56. The number of likely N-dealkylation sites (tertiary alicyclic amines) is 2. The van der Waals surface area contributed by atoms with Gasteiger partial charge in [-0.3, -0.25) is 29.0 Å². The largest absolute Gasteiger partial charge is 0.507 e. The van der Waals surface area contributed by atoms with E-state index >= 15 is 0 Å². The van der Waals surface area contributed by atoms with Crippen molar-refractivity contribution < 1.29 is 24.3 Å². The Hall–Kier alpha value is -2.38. The van der Waals surface area contributed by atoms with Crippen LogP contribution in [0, 0.1) is 24.7 Å². The van der Waals surface area contributed by atoms with Crippen LogP contribution in [-0.2, 0) is 19.2 Å². The first-order valence-electron chi connectivity index (χ1n) is 11.5. The number of para-hydroxylation sites is 1.